The van der Waals surface area contributed by atoms with E-state index in [0.717, 1.165) is 24.9 Å². The van der Waals surface area contributed by atoms with Crippen LogP contribution in [-0.2, 0) is 13.0 Å². The molecule has 0 spiro atoms. The van der Waals surface area contributed by atoms with Crippen molar-refractivity contribution in [2.45, 2.75) is 76.5 Å². The molecule has 2 bridgehead atoms. The fourth-order valence-electron chi connectivity index (χ4n) is 4.72. The van der Waals surface area contributed by atoms with Gasteiger partial charge in [-0.15, -0.1) is 0 Å². The van der Waals surface area contributed by atoms with Gasteiger partial charge in [0.15, 0.2) is 11.8 Å². The van der Waals surface area contributed by atoms with Crippen molar-refractivity contribution in [2.75, 3.05) is 13.6 Å². The Kier molecular flexibility index (Phi) is 6.67. The Labute approximate surface area is 179 Å². The first kappa shape index (κ1) is 20.8. The van der Waals surface area contributed by atoms with Gasteiger partial charge in [-0.2, -0.15) is 4.98 Å². The summed E-state index contributed by atoms with van der Waals surface area (Å²) < 4.78 is 5.32. The van der Waals surface area contributed by atoms with E-state index in [0.29, 0.717) is 30.4 Å². The largest absolute Gasteiger partial charge is 0.356 e. The molecule has 2 fully saturated rings. The molecular formula is C23H34N6O. The lowest BCUT2D eigenvalue weighted by molar-refractivity contribution is 0.114. The summed E-state index contributed by atoms with van der Waals surface area (Å²) in [5.74, 6) is 2.59. The van der Waals surface area contributed by atoms with Crippen LogP contribution in [0.2, 0.25) is 0 Å². The second-order valence-electron chi connectivity index (χ2n) is 8.81. The number of aliphatic imine (C=N–C) groups is 1. The first-order valence-corrected chi connectivity index (χ1v) is 11.2. The van der Waals surface area contributed by atoms with Crippen molar-refractivity contribution in [2.24, 2.45) is 4.99 Å². The highest BCUT2D eigenvalue weighted by molar-refractivity contribution is 5.80. The maximum absolute atomic E-state index is 5.32. The highest BCUT2D eigenvalue weighted by atomic mass is 16.5. The lowest BCUT2D eigenvalue weighted by atomic mass is 9.96. The van der Waals surface area contributed by atoms with Crippen LogP contribution in [0.4, 0.5) is 0 Å². The maximum Gasteiger partial charge on any atom is 0.228 e. The molecule has 3 heterocycles. The Morgan fingerprint density at radius 1 is 1.20 bits per heavy atom. The summed E-state index contributed by atoms with van der Waals surface area (Å²) >= 11 is 0. The van der Waals surface area contributed by atoms with E-state index in [-0.39, 0.29) is 5.92 Å². The number of hydrogen-bond donors (Lipinski definition) is 2. The lowest BCUT2D eigenvalue weighted by Crippen LogP contribution is -2.52. The van der Waals surface area contributed by atoms with Gasteiger partial charge in [-0.3, -0.25) is 9.89 Å². The number of piperidine rings is 1. The molecule has 1 aromatic carbocycles. The van der Waals surface area contributed by atoms with Gasteiger partial charge in [0.25, 0.3) is 0 Å². The second-order valence-corrected chi connectivity index (χ2v) is 8.81. The third kappa shape index (κ3) is 5.01. The summed E-state index contributed by atoms with van der Waals surface area (Å²) in [6.45, 7) is 5.92. The van der Waals surface area contributed by atoms with E-state index in [1.54, 1.807) is 0 Å². The summed E-state index contributed by atoms with van der Waals surface area (Å²) in [5, 5.41) is 11.1. The summed E-state index contributed by atoms with van der Waals surface area (Å²) in [4.78, 5) is 11.6. The Morgan fingerprint density at radius 3 is 2.57 bits per heavy atom. The Bertz CT molecular complexity index is 819. The molecule has 2 aliphatic rings. The number of aromatic nitrogens is 2. The smallest absolute Gasteiger partial charge is 0.228 e. The Hall–Kier alpha value is -2.41. The molecule has 0 aliphatic carbocycles. The van der Waals surface area contributed by atoms with E-state index in [1.807, 2.05) is 7.05 Å². The average Bonchev–Trinajstić information content (AvgIpc) is 3.30. The predicted molar refractivity (Wildman–Crippen MR) is 118 cm³/mol. The highest BCUT2D eigenvalue weighted by Crippen LogP contribution is 2.36. The standard InChI is InChI=1S/C23H34N6O/c1-16(2)22-27-21(30-28-22)11-12-25-23(24-3)26-18-13-19-9-10-20(14-18)29(19)15-17-7-5-4-6-8-17/h4-8,16,18-20H,9-15H2,1-3H3,(H2,24,25,26). The molecule has 2 aliphatic heterocycles. The van der Waals surface area contributed by atoms with Crippen LogP contribution in [0, 0.1) is 0 Å². The molecule has 4 rings (SSSR count). The summed E-state index contributed by atoms with van der Waals surface area (Å²) in [5.41, 5.74) is 1.42. The topological polar surface area (TPSA) is 78.6 Å². The molecule has 0 amide bonds. The third-order valence-corrected chi connectivity index (χ3v) is 6.29. The van der Waals surface area contributed by atoms with Gasteiger partial charge in [-0.1, -0.05) is 49.3 Å². The molecule has 2 N–H and O–H groups in total. The highest BCUT2D eigenvalue weighted by Gasteiger charge is 2.40. The molecule has 2 aromatic rings. The van der Waals surface area contributed by atoms with Crippen molar-refractivity contribution < 1.29 is 4.52 Å². The number of fused-ring (bicyclic) bond motifs is 2. The van der Waals surface area contributed by atoms with Crippen LogP contribution in [0.25, 0.3) is 0 Å². The van der Waals surface area contributed by atoms with Gasteiger partial charge < -0.3 is 15.2 Å². The van der Waals surface area contributed by atoms with Crippen LogP contribution < -0.4 is 10.6 Å². The van der Waals surface area contributed by atoms with E-state index in [4.69, 9.17) is 4.52 Å². The quantitative estimate of drug-likeness (QED) is 0.539. The summed E-state index contributed by atoms with van der Waals surface area (Å²) in [7, 11) is 1.83. The van der Waals surface area contributed by atoms with Crippen molar-refractivity contribution in [3.8, 4) is 0 Å². The minimum Gasteiger partial charge on any atom is -0.356 e. The number of benzene rings is 1. The molecule has 7 nitrogen and oxygen atoms in total. The number of nitrogens with one attached hydrogen (secondary N) is 2. The van der Waals surface area contributed by atoms with E-state index in [1.165, 1.54) is 31.2 Å². The summed E-state index contributed by atoms with van der Waals surface area (Å²) in [6, 6.07) is 12.6. The number of nitrogens with zero attached hydrogens (tertiary/aromatic N) is 4. The maximum atomic E-state index is 5.32. The fourth-order valence-corrected chi connectivity index (χ4v) is 4.72. The zero-order valence-corrected chi connectivity index (χ0v) is 18.3. The molecule has 0 radical (unpaired) electrons. The Balaban J connectivity index is 1.25. The minimum absolute atomic E-state index is 0.285. The lowest BCUT2D eigenvalue weighted by Gasteiger charge is -2.39. The minimum atomic E-state index is 0.285. The van der Waals surface area contributed by atoms with Crippen LogP contribution in [0.3, 0.4) is 0 Å². The number of guanidine groups is 1. The van der Waals surface area contributed by atoms with Gasteiger partial charge in [0, 0.05) is 50.6 Å². The van der Waals surface area contributed by atoms with Gasteiger partial charge in [0.05, 0.1) is 0 Å². The van der Waals surface area contributed by atoms with Gasteiger partial charge >= 0.3 is 0 Å². The average molecular weight is 411 g/mol. The zero-order chi connectivity index (χ0) is 20.9. The fraction of sp³-hybridized carbons (Fsp3) is 0.609. The molecule has 2 atom stereocenters. The SMILES string of the molecule is CN=C(NCCc1nc(C(C)C)no1)NC1CC2CCC(C1)N2Cc1ccccc1. The molecule has 0 saturated carbocycles. The van der Waals surface area contributed by atoms with Crippen molar-refractivity contribution >= 4 is 5.96 Å². The predicted octanol–water partition coefficient (Wildman–Crippen LogP) is 3.10. The van der Waals surface area contributed by atoms with Crippen molar-refractivity contribution in [3.63, 3.8) is 0 Å². The van der Waals surface area contributed by atoms with Crippen molar-refractivity contribution in [1.29, 1.82) is 0 Å². The zero-order valence-electron chi connectivity index (χ0n) is 18.3. The van der Waals surface area contributed by atoms with E-state index in [9.17, 15) is 0 Å². The number of rotatable bonds is 7. The Morgan fingerprint density at radius 2 is 1.93 bits per heavy atom. The normalized spacial score (nSPS) is 24.4. The van der Waals surface area contributed by atoms with Crippen molar-refractivity contribution in [1.82, 2.24) is 25.7 Å². The first-order chi connectivity index (χ1) is 14.6. The molecule has 162 valence electrons. The molecule has 30 heavy (non-hydrogen) atoms. The van der Waals surface area contributed by atoms with Crippen molar-refractivity contribution in [3.05, 3.63) is 47.6 Å². The second kappa shape index (κ2) is 9.60. The first-order valence-electron chi connectivity index (χ1n) is 11.2. The van der Waals surface area contributed by atoms with Crippen LogP contribution in [0.15, 0.2) is 39.8 Å². The molecular weight excluding hydrogens is 376 g/mol. The molecule has 1 aromatic heterocycles. The van der Waals surface area contributed by atoms with Gasteiger partial charge in [0.2, 0.25) is 5.89 Å². The van der Waals surface area contributed by atoms with Gasteiger partial charge in [0.1, 0.15) is 0 Å². The van der Waals surface area contributed by atoms with Crippen LogP contribution in [-0.4, -0.2) is 52.7 Å². The van der Waals surface area contributed by atoms with Gasteiger partial charge in [-0.05, 0) is 31.2 Å². The van der Waals surface area contributed by atoms with E-state index >= 15 is 0 Å². The monoisotopic (exact) mass is 410 g/mol. The molecule has 7 heteroatoms. The van der Waals surface area contributed by atoms with Crippen LogP contribution in [0.1, 0.15) is 62.7 Å². The van der Waals surface area contributed by atoms with Crippen LogP contribution in [0.5, 0.6) is 0 Å². The van der Waals surface area contributed by atoms with Crippen LogP contribution >= 0.6 is 0 Å². The third-order valence-electron chi connectivity index (χ3n) is 6.29. The van der Waals surface area contributed by atoms with E-state index in [2.05, 4.69) is 74.8 Å². The number of hydrogen-bond acceptors (Lipinski definition) is 5. The van der Waals surface area contributed by atoms with Gasteiger partial charge in [-0.25, -0.2) is 0 Å². The molecule has 2 unspecified atom stereocenters. The summed E-state index contributed by atoms with van der Waals surface area (Å²) in [6.07, 6.45) is 5.65. The van der Waals surface area contributed by atoms with E-state index < -0.39 is 0 Å². The molecule has 2 saturated heterocycles.